The highest BCUT2D eigenvalue weighted by Gasteiger charge is 2.19. The highest BCUT2D eigenvalue weighted by Crippen LogP contribution is 2.18. The molecule has 0 amide bonds. The second kappa shape index (κ2) is 6.64. The molecule has 0 fully saturated rings. The fourth-order valence-electron chi connectivity index (χ4n) is 1.80. The molecule has 0 unspecified atom stereocenters. The molecule has 112 valence electrons. The van der Waals surface area contributed by atoms with Gasteiger partial charge in [-0.05, 0) is 25.1 Å². The lowest BCUT2D eigenvalue weighted by atomic mass is 10.2. The van der Waals surface area contributed by atoms with Crippen molar-refractivity contribution in [1.82, 2.24) is 9.71 Å². The molecule has 7 heteroatoms. The van der Waals surface area contributed by atoms with E-state index in [4.69, 9.17) is 0 Å². The molecule has 21 heavy (non-hydrogen) atoms. The Labute approximate surface area is 123 Å². The summed E-state index contributed by atoms with van der Waals surface area (Å²) in [5, 5.41) is 2.89. The van der Waals surface area contributed by atoms with E-state index in [0.29, 0.717) is 6.54 Å². The van der Waals surface area contributed by atoms with E-state index in [0.717, 1.165) is 0 Å². The Balaban J connectivity index is 2.21. The molecular weight excluding hydrogens is 293 g/mol. The van der Waals surface area contributed by atoms with Crippen LogP contribution in [0.2, 0.25) is 0 Å². The highest BCUT2D eigenvalue weighted by molar-refractivity contribution is 7.89. The van der Waals surface area contributed by atoms with Crippen LogP contribution in [0.3, 0.4) is 0 Å². The summed E-state index contributed by atoms with van der Waals surface area (Å²) in [5.41, 5.74) is 0.287. The van der Waals surface area contributed by atoms with Gasteiger partial charge in [-0.2, -0.15) is 0 Å². The minimum Gasteiger partial charge on any atom is -0.369 e. The third-order valence-electron chi connectivity index (χ3n) is 2.81. The van der Waals surface area contributed by atoms with Gasteiger partial charge in [0.2, 0.25) is 10.0 Å². The monoisotopic (exact) mass is 309 g/mol. The summed E-state index contributed by atoms with van der Waals surface area (Å²) < 4.78 is 40.5. The quantitative estimate of drug-likeness (QED) is 0.857. The molecule has 1 aromatic heterocycles. The van der Waals surface area contributed by atoms with E-state index < -0.39 is 15.8 Å². The van der Waals surface area contributed by atoms with Crippen LogP contribution in [0.15, 0.2) is 47.5 Å². The van der Waals surface area contributed by atoms with E-state index in [9.17, 15) is 12.8 Å². The predicted octanol–water partition coefficient (Wildman–Crippen LogP) is 2.13. The molecule has 2 aromatic rings. The second-order valence-electron chi connectivity index (χ2n) is 4.30. The van der Waals surface area contributed by atoms with E-state index in [-0.39, 0.29) is 22.8 Å². The van der Waals surface area contributed by atoms with Crippen LogP contribution in [0.4, 0.5) is 10.2 Å². The summed E-state index contributed by atoms with van der Waals surface area (Å²) in [6.07, 6.45) is 1.51. The molecule has 0 aliphatic heterocycles. The maximum atomic E-state index is 13.5. The molecule has 1 heterocycles. The summed E-state index contributed by atoms with van der Waals surface area (Å²) >= 11 is 0. The average Bonchev–Trinajstić information content (AvgIpc) is 2.47. The highest BCUT2D eigenvalue weighted by atomic mass is 32.2. The van der Waals surface area contributed by atoms with Gasteiger partial charge in [0.25, 0.3) is 0 Å². The Morgan fingerprint density at radius 3 is 2.67 bits per heavy atom. The Kier molecular flexibility index (Phi) is 4.87. The third kappa shape index (κ3) is 3.77. The van der Waals surface area contributed by atoms with Crippen LogP contribution >= 0.6 is 0 Å². The van der Waals surface area contributed by atoms with Gasteiger partial charge in [-0.15, -0.1) is 0 Å². The van der Waals surface area contributed by atoms with Gasteiger partial charge in [-0.1, -0.05) is 18.2 Å². The number of rotatable bonds is 6. The van der Waals surface area contributed by atoms with Gasteiger partial charge < -0.3 is 5.32 Å². The van der Waals surface area contributed by atoms with Crippen molar-refractivity contribution >= 4 is 15.8 Å². The smallest absolute Gasteiger partial charge is 0.244 e. The lowest BCUT2D eigenvalue weighted by Gasteiger charge is -2.11. The fraction of sp³-hybridized carbons (Fsp3) is 0.214. The fourth-order valence-corrected chi connectivity index (χ4v) is 2.94. The van der Waals surface area contributed by atoms with Crippen LogP contribution in [-0.4, -0.2) is 19.9 Å². The maximum Gasteiger partial charge on any atom is 0.244 e. The van der Waals surface area contributed by atoms with Gasteiger partial charge >= 0.3 is 0 Å². The van der Waals surface area contributed by atoms with Gasteiger partial charge in [0.1, 0.15) is 16.5 Å². The van der Waals surface area contributed by atoms with E-state index in [1.807, 2.05) is 6.92 Å². The molecule has 0 atom stereocenters. The Bertz CT molecular complexity index is 720. The van der Waals surface area contributed by atoms with Crippen molar-refractivity contribution in [2.75, 3.05) is 11.9 Å². The average molecular weight is 309 g/mol. The number of nitrogens with zero attached hydrogens (tertiary/aromatic N) is 1. The number of pyridine rings is 1. The Morgan fingerprint density at radius 2 is 1.95 bits per heavy atom. The molecule has 0 aliphatic rings. The van der Waals surface area contributed by atoms with Crippen molar-refractivity contribution in [3.63, 3.8) is 0 Å². The zero-order valence-corrected chi connectivity index (χ0v) is 12.3. The summed E-state index contributed by atoms with van der Waals surface area (Å²) in [6.45, 7) is 2.28. The number of halogens is 1. The SMILES string of the molecule is CCNc1ncccc1S(=O)(=O)NCc1ccccc1F. The maximum absolute atomic E-state index is 13.5. The lowest BCUT2D eigenvalue weighted by molar-refractivity contribution is 0.574. The van der Waals surface area contributed by atoms with Crippen LogP contribution in [0.25, 0.3) is 0 Å². The van der Waals surface area contributed by atoms with Crippen LogP contribution < -0.4 is 10.0 Å². The molecule has 0 saturated heterocycles. The number of benzene rings is 1. The van der Waals surface area contributed by atoms with Crippen molar-refractivity contribution in [1.29, 1.82) is 0 Å². The van der Waals surface area contributed by atoms with Crippen molar-refractivity contribution in [2.45, 2.75) is 18.4 Å². The number of hydrogen-bond acceptors (Lipinski definition) is 4. The molecule has 0 aliphatic carbocycles. The molecule has 2 N–H and O–H groups in total. The number of aromatic nitrogens is 1. The van der Waals surface area contributed by atoms with Crippen LogP contribution in [0, 0.1) is 5.82 Å². The zero-order valence-electron chi connectivity index (χ0n) is 11.5. The van der Waals surface area contributed by atoms with E-state index in [1.54, 1.807) is 18.2 Å². The summed E-state index contributed by atoms with van der Waals surface area (Å²) in [7, 11) is -3.77. The van der Waals surface area contributed by atoms with Crippen LogP contribution in [0.1, 0.15) is 12.5 Å². The summed E-state index contributed by atoms with van der Waals surface area (Å²) in [6, 6.07) is 9.02. The molecule has 0 radical (unpaired) electrons. The molecule has 2 rings (SSSR count). The van der Waals surface area contributed by atoms with Gasteiger partial charge in [-0.3, -0.25) is 0 Å². The number of sulfonamides is 1. The summed E-state index contributed by atoms with van der Waals surface area (Å²) in [5.74, 6) is -0.167. The third-order valence-corrected chi connectivity index (χ3v) is 4.25. The molecule has 0 spiro atoms. The normalized spacial score (nSPS) is 11.3. The lowest BCUT2D eigenvalue weighted by Crippen LogP contribution is -2.25. The van der Waals surface area contributed by atoms with Gasteiger partial charge in [-0.25, -0.2) is 22.5 Å². The first kappa shape index (κ1) is 15.4. The minimum absolute atomic E-state index is 0.0446. The molecular formula is C14H16FN3O2S. The van der Waals surface area contributed by atoms with Crippen molar-refractivity contribution in [3.8, 4) is 0 Å². The topological polar surface area (TPSA) is 71.1 Å². The van der Waals surface area contributed by atoms with E-state index in [2.05, 4.69) is 15.0 Å². The Morgan fingerprint density at radius 1 is 1.19 bits per heavy atom. The first-order valence-corrected chi connectivity index (χ1v) is 7.95. The van der Waals surface area contributed by atoms with Crippen molar-refractivity contribution in [2.24, 2.45) is 0 Å². The molecule has 1 aromatic carbocycles. The zero-order chi connectivity index (χ0) is 15.3. The molecule has 0 saturated carbocycles. The first-order chi connectivity index (χ1) is 10.0. The van der Waals surface area contributed by atoms with Crippen LogP contribution in [-0.2, 0) is 16.6 Å². The largest absolute Gasteiger partial charge is 0.369 e. The standard InChI is InChI=1S/C14H16FN3O2S/c1-2-16-14-13(8-5-9-17-14)21(19,20)18-10-11-6-3-4-7-12(11)15/h3-9,18H,2,10H2,1H3,(H,16,17). The second-order valence-corrected chi connectivity index (χ2v) is 6.03. The number of anilines is 1. The Hall–Kier alpha value is -1.99. The minimum atomic E-state index is -3.77. The molecule has 0 bridgehead atoms. The molecule has 5 nitrogen and oxygen atoms in total. The van der Waals surface area contributed by atoms with E-state index in [1.165, 1.54) is 24.4 Å². The number of hydrogen-bond donors (Lipinski definition) is 2. The van der Waals surface area contributed by atoms with Gasteiger partial charge in [0.05, 0.1) is 0 Å². The van der Waals surface area contributed by atoms with Crippen molar-refractivity contribution in [3.05, 3.63) is 54.0 Å². The van der Waals surface area contributed by atoms with E-state index >= 15 is 0 Å². The first-order valence-electron chi connectivity index (χ1n) is 6.46. The summed E-state index contributed by atoms with van der Waals surface area (Å²) in [4.78, 5) is 4.05. The van der Waals surface area contributed by atoms with Gasteiger partial charge in [0, 0.05) is 24.8 Å². The predicted molar refractivity (Wildman–Crippen MR) is 78.8 cm³/mol. The number of nitrogens with one attached hydrogen (secondary N) is 2. The van der Waals surface area contributed by atoms with Gasteiger partial charge in [0.15, 0.2) is 0 Å². The van der Waals surface area contributed by atoms with Crippen molar-refractivity contribution < 1.29 is 12.8 Å². The van der Waals surface area contributed by atoms with Crippen LogP contribution in [0.5, 0.6) is 0 Å².